The van der Waals surface area contributed by atoms with Crippen molar-refractivity contribution in [3.05, 3.63) is 5.82 Å². The van der Waals surface area contributed by atoms with Gasteiger partial charge in [0.05, 0.1) is 0 Å². The molecule has 0 atom stereocenters. The van der Waals surface area contributed by atoms with Crippen molar-refractivity contribution in [1.29, 1.82) is 0 Å². The second-order valence-corrected chi connectivity index (χ2v) is 4.01. The number of aromatic nitrogens is 2. The van der Waals surface area contributed by atoms with E-state index in [0.29, 0.717) is 0 Å². The quantitative estimate of drug-likeness (QED) is 0.695. The van der Waals surface area contributed by atoms with Crippen LogP contribution in [0, 0.1) is 0 Å². The second-order valence-electron chi connectivity index (χ2n) is 3.26. The third-order valence-corrected chi connectivity index (χ3v) is 2.59. The lowest BCUT2D eigenvalue weighted by molar-refractivity contribution is 0.134. The highest BCUT2D eigenvalue weighted by molar-refractivity contribution is 7.09. The number of nitrogens with one attached hydrogen (secondary N) is 1. The van der Waals surface area contributed by atoms with E-state index in [9.17, 15) is 0 Å². The number of hydrogen-bond acceptors (Lipinski definition) is 5. The molecular weight excluding hydrogens is 210 g/mol. The molecule has 0 saturated heterocycles. The SMILES string of the molecule is CCCOCCCNc1nc(CC)ns1. The first kappa shape index (κ1) is 12.4. The lowest BCUT2D eigenvalue weighted by Crippen LogP contribution is -2.05. The predicted molar refractivity (Wildman–Crippen MR) is 63.5 cm³/mol. The number of ether oxygens (including phenoxy) is 1. The van der Waals surface area contributed by atoms with Crippen molar-refractivity contribution >= 4 is 16.7 Å². The van der Waals surface area contributed by atoms with Gasteiger partial charge in [0.2, 0.25) is 5.13 Å². The fourth-order valence-corrected chi connectivity index (χ4v) is 1.76. The van der Waals surface area contributed by atoms with E-state index in [1.54, 1.807) is 0 Å². The molecule has 1 aromatic rings. The summed E-state index contributed by atoms with van der Waals surface area (Å²) in [6.07, 6.45) is 3.00. The van der Waals surface area contributed by atoms with E-state index in [2.05, 4.69) is 28.5 Å². The van der Waals surface area contributed by atoms with E-state index in [1.165, 1.54) is 11.5 Å². The Kier molecular flexibility index (Phi) is 6.27. The van der Waals surface area contributed by atoms with E-state index in [1.807, 2.05) is 0 Å². The van der Waals surface area contributed by atoms with Gasteiger partial charge in [-0.05, 0) is 12.8 Å². The van der Waals surface area contributed by atoms with E-state index >= 15 is 0 Å². The first-order valence-corrected chi connectivity index (χ1v) is 6.28. The first-order chi connectivity index (χ1) is 7.36. The van der Waals surface area contributed by atoms with Gasteiger partial charge in [-0.15, -0.1) is 0 Å². The number of nitrogens with zero attached hydrogens (tertiary/aromatic N) is 2. The lowest BCUT2D eigenvalue weighted by Gasteiger charge is -2.02. The highest BCUT2D eigenvalue weighted by atomic mass is 32.1. The van der Waals surface area contributed by atoms with Gasteiger partial charge in [-0.25, -0.2) is 4.98 Å². The molecule has 0 saturated carbocycles. The minimum Gasteiger partial charge on any atom is -0.381 e. The van der Waals surface area contributed by atoms with Crippen LogP contribution in [0.25, 0.3) is 0 Å². The zero-order valence-corrected chi connectivity index (χ0v) is 10.3. The Morgan fingerprint density at radius 2 is 2.20 bits per heavy atom. The summed E-state index contributed by atoms with van der Waals surface area (Å²) in [7, 11) is 0. The maximum absolute atomic E-state index is 5.37. The molecular formula is C10H19N3OS. The minimum atomic E-state index is 0.820. The van der Waals surface area contributed by atoms with Crippen molar-refractivity contribution in [3.8, 4) is 0 Å². The number of aryl methyl sites for hydroxylation is 1. The van der Waals surface area contributed by atoms with Crippen molar-refractivity contribution in [2.75, 3.05) is 25.1 Å². The number of rotatable bonds is 8. The Balaban J connectivity index is 2.04. The summed E-state index contributed by atoms with van der Waals surface area (Å²) in [4.78, 5) is 4.32. The van der Waals surface area contributed by atoms with Gasteiger partial charge >= 0.3 is 0 Å². The lowest BCUT2D eigenvalue weighted by atomic mass is 10.4. The average molecular weight is 229 g/mol. The fraction of sp³-hybridized carbons (Fsp3) is 0.800. The van der Waals surface area contributed by atoms with Crippen LogP contribution in [0.4, 0.5) is 5.13 Å². The van der Waals surface area contributed by atoms with Crippen LogP contribution < -0.4 is 5.32 Å². The standard InChI is InChI=1S/C10H19N3OS/c1-3-7-14-8-5-6-11-10-12-9(4-2)13-15-10/h3-8H2,1-2H3,(H,11,12,13). The van der Waals surface area contributed by atoms with Crippen molar-refractivity contribution in [1.82, 2.24) is 9.36 Å². The average Bonchev–Trinajstić information content (AvgIpc) is 2.71. The molecule has 5 heteroatoms. The summed E-state index contributed by atoms with van der Waals surface area (Å²) >= 11 is 1.43. The van der Waals surface area contributed by atoms with Crippen LogP contribution in [0.1, 0.15) is 32.5 Å². The summed E-state index contributed by atoms with van der Waals surface area (Å²) in [5.41, 5.74) is 0. The molecule has 0 aliphatic heterocycles. The third kappa shape index (κ3) is 5.09. The van der Waals surface area contributed by atoms with E-state index in [0.717, 1.165) is 50.0 Å². The van der Waals surface area contributed by atoms with Gasteiger partial charge < -0.3 is 10.1 Å². The zero-order chi connectivity index (χ0) is 10.9. The van der Waals surface area contributed by atoms with Crippen LogP contribution in [-0.4, -0.2) is 29.1 Å². The van der Waals surface area contributed by atoms with Crippen molar-refractivity contribution in [2.24, 2.45) is 0 Å². The highest BCUT2D eigenvalue weighted by Crippen LogP contribution is 2.10. The van der Waals surface area contributed by atoms with Crippen LogP contribution in [0.5, 0.6) is 0 Å². The molecule has 86 valence electrons. The van der Waals surface area contributed by atoms with E-state index < -0.39 is 0 Å². The van der Waals surface area contributed by atoms with Crippen molar-refractivity contribution < 1.29 is 4.74 Å². The van der Waals surface area contributed by atoms with Gasteiger partial charge in [-0.2, -0.15) is 4.37 Å². The molecule has 0 aliphatic rings. The normalized spacial score (nSPS) is 10.5. The largest absolute Gasteiger partial charge is 0.381 e. The molecule has 0 aliphatic carbocycles. The van der Waals surface area contributed by atoms with Gasteiger partial charge in [0, 0.05) is 37.7 Å². The molecule has 0 aromatic carbocycles. The summed E-state index contributed by atoms with van der Waals surface area (Å²) < 4.78 is 9.57. The van der Waals surface area contributed by atoms with E-state index in [4.69, 9.17) is 4.74 Å². The van der Waals surface area contributed by atoms with Crippen LogP contribution in [0.3, 0.4) is 0 Å². The van der Waals surface area contributed by atoms with Gasteiger partial charge in [-0.3, -0.25) is 0 Å². The third-order valence-electron chi connectivity index (χ3n) is 1.87. The maximum atomic E-state index is 5.37. The summed E-state index contributed by atoms with van der Waals surface area (Å²) in [6, 6.07) is 0. The number of anilines is 1. The Hall–Kier alpha value is -0.680. The van der Waals surface area contributed by atoms with Gasteiger partial charge in [0.15, 0.2) is 0 Å². The smallest absolute Gasteiger partial charge is 0.202 e. The summed E-state index contributed by atoms with van der Waals surface area (Å²) in [5, 5.41) is 4.16. The Morgan fingerprint density at radius 3 is 2.87 bits per heavy atom. The van der Waals surface area contributed by atoms with Crippen LogP contribution in [0.2, 0.25) is 0 Å². The predicted octanol–water partition coefficient (Wildman–Crippen LogP) is 2.33. The van der Waals surface area contributed by atoms with Crippen LogP contribution >= 0.6 is 11.5 Å². The monoisotopic (exact) mass is 229 g/mol. The molecule has 1 aromatic heterocycles. The molecule has 1 heterocycles. The molecule has 0 radical (unpaired) electrons. The minimum absolute atomic E-state index is 0.820. The molecule has 0 amide bonds. The Morgan fingerprint density at radius 1 is 1.33 bits per heavy atom. The van der Waals surface area contributed by atoms with E-state index in [-0.39, 0.29) is 0 Å². The van der Waals surface area contributed by atoms with Crippen molar-refractivity contribution in [3.63, 3.8) is 0 Å². The van der Waals surface area contributed by atoms with Crippen LogP contribution in [-0.2, 0) is 11.2 Å². The molecule has 0 unspecified atom stereocenters. The topological polar surface area (TPSA) is 47.0 Å². The summed E-state index contributed by atoms with van der Waals surface area (Å²) in [6.45, 7) is 6.76. The van der Waals surface area contributed by atoms with Gasteiger partial charge in [0.1, 0.15) is 5.82 Å². The molecule has 0 bridgehead atoms. The van der Waals surface area contributed by atoms with Gasteiger partial charge in [0.25, 0.3) is 0 Å². The summed E-state index contributed by atoms with van der Waals surface area (Å²) in [5.74, 6) is 0.921. The zero-order valence-electron chi connectivity index (χ0n) is 9.45. The molecule has 4 nitrogen and oxygen atoms in total. The fourth-order valence-electron chi connectivity index (χ4n) is 1.09. The molecule has 0 spiro atoms. The molecule has 15 heavy (non-hydrogen) atoms. The maximum Gasteiger partial charge on any atom is 0.202 e. The number of hydrogen-bond donors (Lipinski definition) is 1. The Labute approximate surface area is 95.2 Å². The molecule has 1 N–H and O–H groups in total. The Bertz CT molecular complexity index is 265. The molecule has 1 rings (SSSR count). The molecule has 0 fully saturated rings. The highest BCUT2D eigenvalue weighted by Gasteiger charge is 2.00. The van der Waals surface area contributed by atoms with Crippen LogP contribution in [0.15, 0.2) is 0 Å². The van der Waals surface area contributed by atoms with Gasteiger partial charge in [-0.1, -0.05) is 13.8 Å². The van der Waals surface area contributed by atoms with Crippen molar-refractivity contribution in [2.45, 2.75) is 33.1 Å². The first-order valence-electron chi connectivity index (χ1n) is 5.51. The second kappa shape index (κ2) is 7.59.